The number of hydrogen-bond acceptors (Lipinski definition) is 2. The average Bonchev–Trinajstić information content (AvgIpc) is 2.46. The number of amides is 1. The number of ether oxygens (including phenoxy) is 1. The van der Waals surface area contributed by atoms with Gasteiger partial charge in [-0.15, -0.1) is 0 Å². The Balaban J connectivity index is 2.05. The molecule has 0 bridgehead atoms. The van der Waals surface area contributed by atoms with E-state index in [-0.39, 0.29) is 5.91 Å². The molecule has 0 saturated carbocycles. The molecule has 0 heterocycles. The molecule has 2 rings (SSSR count). The van der Waals surface area contributed by atoms with Crippen LogP contribution in [0.4, 0.5) is 5.69 Å². The maximum absolute atomic E-state index is 12.2. The van der Waals surface area contributed by atoms with Crippen LogP contribution in [0.3, 0.4) is 0 Å². The van der Waals surface area contributed by atoms with Crippen molar-refractivity contribution in [1.82, 2.24) is 0 Å². The first-order valence-corrected chi connectivity index (χ1v) is 7.69. The van der Waals surface area contributed by atoms with Gasteiger partial charge in [0, 0.05) is 10.0 Å². The van der Waals surface area contributed by atoms with Gasteiger partial charge in [-0.05, 0) is 55.8 Å². The van der Waals surface area contributed by atoms with Crippen LogP contribution in [0.2, 0.25) is 15.1 Å². The molecule has 0 spiro atoms. The standard InChI is InChI=1S/C16H14Cl3NO2/c1-9-7-12(4-6-13(9)18)22-10(2)16(21)20-15-8-11(17)3-5-14(15)19/h3-8,10H,1-2H3,(H,20,21). The van der Waals surface area contributed by atoms with E-state index >= 15 is 0 Å². The van der Waals surface area contributed by atoms with Crippen LogP contribution in [0.15, 0.2) is 36.4 Å². The van der Waals surface area contributed by atoms with Crippen molar-refractivity contribution in [3.8, 4) is 5.75 Å². The molecule has 0 fully saturated rings. The zero-order chi connectivity index (χ0) is 16.3. The van der Waals surface area contributed by atoms with Gasteiger partial charge in [-0.2, -0.15) is 0 Å². The summed E-state index contributed by atoms with van der Waals surface area (Å²) in [4.78, 5) is 12.2. The summed E-state index contributed by atoms with van der Waals surface area (Å²) < 4.78 is 5.61. The molecule has 0 saturated heterocycles. The third kappa shape index (κ3) is 4.29. The van der Waals surface area contributed by atoms with Gasteiger partial charge in [0.2, 0.25) is 0 Å². The van der Waals surface area contributed by atoms with Crippen molar-refractivity contribution in [2.45, 2.75) is 20.0 Å². The summed E-state index contributed by atoms with van der Waals surface area (Å²) in [6.07, 6.45) is -0.698. The topological polar surface area (TPSA) is 38.3 Å². The Morgan fingerprint density at radius 2 is 1.77 bits per heavy atom. The summed E-state index contributed by atoms with van der Waals surface area (Å²) in [5, 5.41) is 4.24. The molecule has 22 heavy (non-hydrogen) atoms. The number of aryl methyl sites for hydroxylation is 1. The number of hydrogen-bond donors (Lipinski definition) is 1. The van der Waals surface area contributed by atoms with Crippen LogP contribution in [0.5, 0.6) is 5.75 Å². The molecule has 0 aliphatic rings. The minimum atomic E-state index is -0.698. The number of halogens is 3. The van der Waals surface area contributed by atoms with Gasteiger partial charge in [-0.25, -0.2) is 0 Å². The third-order valence-electron chi connectivity index (χ3n) is 3.00. The zero-order valence-electron chi connectivity index (χ0n) is 12.0. The van der Waals surface area contributed by atoms with E-state index in [1.165, 1.54) is 0 Å². The molecule has 1 amide bonds. The summed E-state index contributed by atoms with van der Waals surface area (Å²) in [5.74, 6) is 0.249. The molecular weight excluding hydrogens is 345 g/mol. The van der Waals surface area contributed by atoms with E-state index in [0.717, 1.165) is 5.56 Å². The smallest absolute Gasteiger partial charge is 0.265 e. The Bertz CT molecular complexity index is 704. The summed E-state index contributed by atoms with van der Waals surface area (Å²) in [6.45, 7) is 3.52. The number of benzene rings is 2. The predicted molar refractivity (Wildman–Crippen MR) is 91.4 cm³/mol. The van der Waals surface area contributed by atoms with Gasteiger partial charge in [0.05, 0.1) is 10.7 Å². The van der Waals surface area contributed by atoms with Crippen molar-refractivity contribution < 1.29 is 9.53 Å². The summed E-state index contributed by atoms with van der Waals surface area (Å²) in [5.41, 5.74) is 1.33. The number of nitrogens with one attached hydrogen (secondary N) is 1. The molecule has 1 atom stereocenters. The van der Waals surface area contributed by atoms with Crippen LogP contribution in [-0.4, -0.2) is 12.0 Å². The second-order valence-electron chi connectivity index (χ2n) is 4.78. The third-order valence-corrected chi connectivity index (χ3v) is 3.99. The molecule has 1 unspecified atom stereocenters. The lowest BCUT2D eigenvalue weighted by molar-refractivity contribution is -0.122. The quantitative estimate of drug-likeness (QED) is 0.799. The Hall–Kier alpha value is -1.42. The van der Waals surface area contributed by atoms with Crippen molar-refractivity contribution in [3.63, 3.8) is 0 Å². The lowest BCUT2D eigenvalue weighted by atomic mass is 10.2. The summed E-state index contributed by atoms with van der Waals surface area (Å²) >= 11 is 17.9. The molecule has 6 heteroatoms. The van der Waals surface area contributed by atoms with Crippen molar-refractivity contribution in [1.29, 1.82) is 0 Å². The van der Waals surface area contributed by atoms with E-state index in [1.54, 1.807) is 43.3 Å². The van der Waals surface area contributed by atoms with Gasteiger partial charge < -0.3 is 10.1 Å². The highest BCUT2D eigenvalue weighted by molar-refractivity contribution is 6.35. The lowest BCUT2D eigenvalue weighted by Gasteiger charge is -2.16. The second kappa shape index (κ2) is 7.23. The molecule has 3 nitrogen and oxygen atoms in total. The van der Waals surface area contributed by atoms with Crippen LogP contribution in [0, 0.1) is 6.92 Å². The van der Waals surface area contributed by atoms with E-state index in [0.29, 0.717) is 26.5 Å². The van der Waals surface area contributed by atoms with Crippen molar-refractivity contribution in [2.75, 3.05) is 5.32 Å². The minimum absolute atomic E-state index is 0.322. The average molecular weight is 359 g/mol. The maximum atomic E-state index is 12.2. The number of carbonyl (C=O) groups excluding carboxylic acids is 1. The molecule has 0 aromatic heterocycles. The summed E-state index contributed by atoms with van der Waals surface area (Å²) in [7, 11) is 0. The van der Waals surface area contributed by atoms with Gasteiger partial charge in [0.1, 0.15) is 5.75 Å². The highest BCUT2D eigenvalue weighted by Crippen LogP contribution is 2.26. The van der Waals surface area contributed by atoms with E-state index < -0.39 is 6.10 Å². The molecule has 0 aliphatic heterocycles. The monoisotopic (exact) mass is 357 g/mol. The van der Waals surface area contributed by atoms with Crippen molar-refractivity contribution in [3.05, 3.63) is 57.0 Å². The number of anilines is 1. The van der Waals surface area contributed by atoms with Gasteiger partial charge in [-0.3, -0.25) is 4.79 Å². The van der Waals surface area contributed by atoms with Crippen molar-refractivity contribution >= 4 is 46.4 Å². The van der Waals surface area contributed by atoms with Gasteiger partial charge in [0.15, 0.2) is 6.10 Å². The molecule has 2 aromatic carbocycles. The first-order chi connectivity index (χ1) is 10.4. The Labute approximate surface area is 144 Å². The van der Waals surface area contributed by atoms with Gasteiger partial charge in [-0.1, -0.05) is 34.8 Å². The van der Waals surface area contributed by atoms with E-state index in [1.807, 2.05) is 6.92 Å². The van der Waals surface area contributed by atoms with E-state index in [2.05, 4.69) is 5.32 Å². The maximum Gasteiger partial charge on any atom is 0.265 e. The zero-order valence-corrected chi connectivity index (χ0v) is 14.3. The van der Waals surface area contributed by atoms with Crippen molar-refractivity contribution in [2.24, 2.45) is 0 Å². The van der Waals surface area contributed by atoms with Gasteiger partial charge in [0.25, 0.3) is 5.91 Å². The van der Waals surface area contributed by atoms with Gasteiger partial charge >= 0.3 is 0 Å². The normalized spacial score (nSPS) is 11.9. The Morgan fingerprint density at radius 3 is 2.45 bits per heavy atom. The number of rotatable bonds is 4. The lowest BCUT2D eigenvalue weighted by Crippen LogP contribution is -2.30. The molecule has 0 radical (unpaired) electrons. The number of carbonyl (C=O) groups is 1. The largest absolute Gasteiger partial charge is 0.481 e. The van der Waals surface area contributed by atoms with E-state index in [4.69, 9.17) is 39.5 Å². The molecular formula is C16H14Cl3NO2. The first kappa shape index (κ1) is 16.9. The van der Waals surface area contributed by atoms with Crippen LogP contribution in [0.25, 0.3) is 0 Å². The minimum Gasteiger partial charge on any atom is -0.481 e. The van der Waals surface area contributed by atoms with Crippen LogP contribution < -0.4 is 10.1 Å². The Kier molecular flexibility index (Phi) is 5.57. The second-order valence-corrected chi connectivity index (χ2v) is 6.04. The Morgan fingerprint density at radius 1 is 1.09 bits per heavy atom. The van der Waals surface area contributed by atoms with E-state index in [9.17, 15) is 4.79 Å². The summed E-state index contributed by atoms with van der Waals surface area (Å²) in [6, 6.07) is 10.1. The highest BCUT2D eigenvalue weighted by atomic mass is 35.5. The van der Waals surface area contributed by atoms with Crippen LogP contribution in [0.1, 0.15) is 12.5 Å². The predicted octanol–water partition coefficient (Wildman–Crippen LogP) is 5.36. The molecule has 1 N–H and O–H groups in total. The highest BCUT2D eigenvalue weighted by Gasteiger charge is 2.16. The molecule has 116 valence electrons. The SMILES string of the molecule is Cc1cc(OC(C)C(=O)Nc2cc(Cl)ccc2Cl)ccc1Cl. The molecule has 0 aliphatic carbocycles. The fourth-order valence-electron chi connectivity index (χ4n) is 1.78. The van der Waals surface area contributed by atoms with Crippen LogP contribution in [-0.2, 0) is 4.79 Å². The fraction of sp³-hybridized carbons (Fsp3) is 0.188. The first-order valence-electron chi connectivity index (χ1n) is 6.55. The molecule has 2 aromatic rings. The van der Waals surface area contributed by atoms with Crippen LogP contribution >= 0.6 is 34.8 Å². The fourth-order valence-corrected chi connectivity index (χ4v) is 2.23.